The molecule has 2 fully saturated rings. The van der Waals surface area contributed by atoms with Crippen LogP contribution in [0.25, 0.3) is 0 Å². The summed E-state index contributed by atoms with van der Waals surface area (Å²) in [5.41, 5.74) is 2.22. The minimum Gasteiger partial charge on any atom is -0.497 e. The number of nitrogens with one attached hydrogen (secondary N) is 1. The van der Waals surface area contributed by atoms with E-state index in [1.807, 2.05) is 6.07 Å². The van der Waals surface area contributed by atoms with Gasteiger partial charge >= 0.3 is 0 Å². The van der Waals surface area contributed by atoms with Gasteiger partial charge in [0.15, 0.2) is 0 Å². The second-order valence-electron chi connectivity index (χ2n) is 6.51. The minimum absolute atomic E-state index is 0.278. The van der Waals surface area contributed by atoms with Crippen molar-refractivity contribution < 1.29 is 9.47 Å². The van der Waals surface area contributed by atoms with Gasteiger partial charge in [-0.15, -0.1) is 0 Å². The van der Waals surface area contributed by atoms with E-state index in [0.717, 1.165) is 25.5 Å². The molecule has 1 aromatic carbocycles. The first kappa shape index (κ1) is 13.9. The average molecular weight is 275 g/mol. The molecular weight excluding hydrogens is 250 g/mol. The van der Waals surface area contributed by atoms with Crippen molar-refractivity contribution in [2.45, 2.75) is 31.1 Å². The van der Waals surface area contributed by atoms with Gasteiger partial charge in [-0.1, -0.05) is 12.1 Å². The topological polar surface area (TPSA) is 30.5 Å². The van der Waals surface area contributed by atoms with Gasteiger partial charge < -0.3 is 14.8 Å². The van der Waals surface area contributed by atoms with E-state index in [1.165, 1.54) is 31.2 Å². The van der Waals surface area contributed by atoms with E-state index in [4.69, 9.17) is 9.47 Å². The van der Waals surface area contributed by atoms with Gasteiger partial charge in [0.05, 0.1) is 7.11 Å². The molecule has 1 aliphatic carbocycles. The van der Waals surface area contributed by atoms with Crippen LogP contribution in [0.3, 0.4) is 0 Å². The molecule has 1 saturated carbocycles. The maximum Gasteiger partial charge on any atom is 0.119 e. The lowest BCUT2D eigenvalue weighted by Crippen LogP contribution is -2.56. The van der Waals surface area contributed by atoms with Gasteiger partial charge in [-0.2, -0.15) is 0 Å². The molecule has 3 heteroatoms. The fraction of sp³-hybridized carbons (Fsp3) is 0.647. The van der Waals surface area contributed by atoms with E-state index in [9.17, 15) is 0 Å². The van der Waals surface area contributed by atoms with E-state index < -0.39 is 0 Å². The van der Waals surface area contributed by atoms with Crippen LogP contribution in [0.1, 0.15) is 31.2 Å². The second-order valence-corrected chi connectivity index (χ2v) is 6.51. The lowest BCUT2D eigenvalue weighted by molar-refractivity contribution is -0.0733. The van der Waals surface area contributed by atoms with Crippen LogP contribution in [0.4, 0.5) is 0 Å². The van der Waals surface area contributed by atoms with Crippen molar-refractivity contribution in [2.75, 3.05) is 33.9 Å². The number of hydrogen-bond acceptors (Lipinski definition) is 3. The smallest absolute Gasteiger partial charge is 0.119 e. The highest BCUT2D eigenvalue weighted by atomic mass is 16.5. The summed E-state index contributed by atoms with van der Waals surface area (Å²) < 4.78 is 10.9. The third kappa shape index (κ3) is 2.33. The van der Waals surface area contributed by atoms with Gasteiger partial charge in [-0.25, -0.2) is 0 Å². The number of methoxy groups -OCH3 is 1. The first-order valence-electron chi connectivity index (χ1n) is 7.59. The molecule has 110 valence electrons. The summed E-state index contributed by atoms with van der Waals surface area (Å²) in [5, 5.41) is 3.40. The zero-order chi connectivity index (χ0) is 14.1. The highest BCUT2D eigenvalue weighted by Gasteiger charge is 2.54. The standard InChI is InChI=1S/C17H25NO2/c1-18-13-17(14-4-3-5-15(10-14)19-2)11-16(12-17)6-8-20-9-7-16/h3-5,10,18H,6-9,11-13H2,1-2H3. The Morgan fingerprint density at radius 1 is 1.25 bits per heavy atom. The zero-order valence-corrected chi connectivity index (χ0v) is 12.6. The quantitative estimate of drug-likeness (QED) is 0.916. The van der Waals surface area contributed by atoms with Gasteiger partial charge in [-0.3, -0.25) is 0 Å². The molecule has 3 nitrogen and oxygen atoms in total. The zero-order valence-electron chi connectivity index (χ0n) is 12.6. The third-order valence-corrected chi connectivity index (χ3v) is 5.18. The van der Waals surface area contributed by atoms with E-state index in [-0.39, 0.29) is 5.41 Å². The molecule has 0 unspecified atom stereocenters. The number of rotatable bonds is 4. The molecule has 1 aliphatic heterocycles. The van der Waals surface area contributed by atoms with Crippen LogP contribution in [0, 0.1) is 5.41 Å². The van der Waals surface area contributed by atoms with E-state index in [0.29, 0.717) is 5.41 Å². The number of ether oxygens (including phenoxy) is 2. The van der Waals surface area contributed by atoms with Crippen LogP contribution in [0.15, 0.2) is 24.3 Å². The number of likely N-dealkylation sites (N-methyl/N-ethyl adjacent to an activating group) is 1. The first-order valence-corrected chi connectivity index (χ1v) is 7.59. The van der Waals surface area contributed by atoms with Crippen molar-refractivity contribution >= 4 is 0 Å². The first-order chi connectivity index (χ1) is 9.72. The molecule has 1 aromatic rings. The Labute approximate surface area is 121 Å². The monoisotopic (exact) mass is 275 g/mol. The van der Waals surface area contributed by atoms with Crippen molar-refractivity contribution in [2.24, 2.45) is 5.41 Å². The number of hydrogen-bond donors (Lipinski definition) is 1. The Hall–Kier alpha value is -1.06. The summed E-state index contributed by atoms with van der Waals surface area (Å²) in [5.74, 6) is 0.964. The molecule has 0 bridgehead atoms. The normalized spacial score (nSPS) is 23.3. The summed E-state index contributed by atoms with van der Waals surface area (Å²) >= 11 is 0. The van der Waals surface area contributed by atoms with Gasteiger partial charge in [0, 0.05) is 25.2 Å². The fourth-order valence-electron chi connectivity index (χ4n) is 4.26. The number of benzene rings is 1. The van der Waals surface area contributed by atoms with E-state index in [1.54, 1.807) is 7.11 Å². The van der Waals surface area contributed by atoms with Crippen LogP contribution in [-0.4, -0.2) is 33.9 Å². The Balaban J connectivity index is 1.82. The molecule has 1 heterocycles. The molecule has 1 saturated heterocycles. The highest BCUT2D eigenvalue weighted by molar-refractivity contribution is 5.37. The van der Waals surface area contributed by atoms with Crippen LogP contribution < -0.4 is 10.1 Å². The summed E-state index contributed by atoms with van der Waals surface area (Å²) in [7, 11) is 3.79. The summed E-state index contributed by atoms with van der Waals surface area (Å²) in [6, 6.07) is 8.61. The molecule has 0 amide bonds. The van der Waals surface area contributed by atoms with Crippen molar-refractivity contribution in [3.63, 3.8) is 0 Å². The molecule has 2 aliphatic rings. The Morgan fingerprint density at radius 3 is 2.65 bits per heavy atom. The van der Waals surface area contributed by atoms with Gasteiger partial charge in [0.25, 0.3) is 0 Å². The summed E-state index contributed by atoms with van der Waals surface area (Å²) in [6.45, 7) is 2.92. The maximum absolute atomic E-state index is 5.54. The predicted octanol–water partition coefficient (Wildman–Crippen LogP) is 2.74. The van der Waals surface area contributed by atoms with Crippen LogP contribution in [-0.2, 0) is 10.2 Å². The molecule has 20 heavy (non-hydrogen) atoms. The van der Waals surface area contributed by atoms with Crippen molar-refractivity contribution in [1.82, 2.24) is 5.32 Å². The third-order valence-electron chi connectivity index (χ3n) is 5.18. The molecular formula is C17H25NO2. The fourth-order valence-corrected chi connectivity index (χ4v) is 4.26. The Morgan fingerprint density at radius 2 is 2.00 bits per heavy atom. The van der Waals surface area contributed by atoms with E-state index in [2.05, 4.69) is 30.6 Å². The van der Waals surface area contributed by atoms with Gasteiger partial charge in [-0.05, 0) is 55.8 Å². The van der Waals surface area contributed by atoms with E-state index >= 15 is 0 Å². The highest BCUT2D eigenvalue weighted by Crippen LogP contribution is 2.60. The van der Waals surface area contributed by atoms with Gasteiger partial charge in [0.2, 0.25) is 0 Å². The molecule has 3 rings (SSSR count). The summed E-state index contributed by atoms with van der Waals surface area (Å²) in [4.78, 5) is 0. The van der Waals surface area contributed by atoms with Crippen LogP contribution >= 0.6 is 0 Å². The Kier molecular flexibility index (Phi) is 3.74. The largest absolute Gasteiger partial charge is 0.497 e. The minimum atomic E-state index is 0.278. The van der Waals surface area contributed by atoms with Crippen LogP contribution in [0.5, 0.6) is 5.75 Å². The molecule has 1 spiro atoms. The molecule has 0 atom stereocenters. The van der Waals surface area contributed by atoms with Crippen molar-refractivity contribution in [3.8, 4) is 5.75 Å². The molecule has 0 radical (unpaired) electrons. The van der Waals surface area contributed by atoms with Crippen molar-refractivity contribution in [1.29, 1.82) is 0 Å². The maximum atomic E-state index is 5.54. The second kappa shape index (κ2) is 5.38. The van der Waals surface area contributed by atoms with Crippen LogP contribution in [0.2, 0.25) is 0 Å². The molecule has 0 aromatic heterocycles. The van der Waals surface area contributed by atoms with Gasteiger partial charge in [0.1, 0.15) is 5.75 Å². The lowest BCUT2D eigenvalue weighted by Gasteiger charge is -2.58. The predicted molar refractivity (Wildman–Crippen MR) is 80.3 cm³/mol. The SMILES string of the molecule is CNCC1(c2cccc(OC)c2)CC2(CCOCC2)C1. The molecule has 1 N–H and O–H groups in total. The average Bonchev–Trinajstić information content (AvgIpc) is 2.47. The lowest BCUT2D eigenvalue weighted by atomic mass is 9.48. The Bertz CT molecular complexity index is 458. The van der Waals surface area contributed by atoms with Crippen molar-refractivity contribution in [3.05, 3.63) is 29.8 Å². The summed E-state index contributed by atoms with van der Waals surface area (Å²) in [6.07, 6.45) is 5.00.